The summed E-state index contributed by atoms with van der Waals surface area (Å²) in [6.45, 7) is 0.648. The predicted molar refractivity (Wildman–Crippen MR) is 112 cm³/mol. The van der Waals surface area contributed by atoms with Crippen LogP contribution >= 0.6 is 11.3 Å². The van der Waals surface area contributed by atoms with Gasteiger partial charge in [0, 0.05) is 33.3 Å². The zero-order valence-electron chi connectivity index (χ0n) is 16.8. The van der Waals surface area contributed by atoms with E-state index in [2.05, 4.69) is 10.2 Å². The van der Waals surface area contributed by atoms with Gasteiger partial charge in [-0.15, -0.1) is 21.5 Å². The Kier molecular flexibility index (Phi) is 6.98. The maximum atomic E-state index is 13.1. The predicted octanol–water partition coefficient (Wildman–Crippen LogP) is 2.34. The van der Waals surface area contributed by atoms with Crippen LogP contribution in [-0.2, 0) is 21.3 Å². The number of ether oxygens (including phenoxy) is 1. The van der Waals surface area contributed by atoms with Crippen LogP contribution in [0.1, 0.15) is 16.2 Å². The summed E-state index contributed by atoms with van der Waals surface area (Å²) in [6, 6.07) is 9.68. The number of benzene rings is 1. The van der Waals surface area contributed by atoms with E-state index in [9.17, 15) is 13.2 Å². The minimum absolute atomic E-state index is 0.0443. The van der Waals surface area contributed by atoms with Crippen LogP contribution in [0, 0.1) is 0 Å². The molecule has 0 aliphatic carbocycles. The van der Waals surface area contributed by atoms with Crippen molar-refractivity contribution < 1.29 is 22.4 Å². The standard InChI is InChI=1S/C19H22N4O5S2/c1-22(2)30(25,26)15-7-4-6-14(12-15)19(24)23(9-10-27-3)13-17-20-21-18(28-17)16-8-5-11-29-16/h4-8,11-12H,9-10,13H2,1-3H3. The number of amides is 1. The summed E-state index contributed by atoms with van der Waals surface area (Å²) in [5, 5.41) is 9.96. The molecule has 11 heteroatoms. The molecule has 1 aromatic carbocycles. The van der Waals surface area contributed by atoms with Gasteiger partial charge >= 0.3 is 0 Å². The molecule has 0 unspecified atom stereocenters. The molecule has 0 aliphatic rings. The number of rotatable bonds is 9. The SMILES string of the molecule is COCCN(Cc1nnc(-c2cccs2)o1)C(=O)c1cccc(S(=O)(=O)N(C)C)c1. The first-order valence-corrected chi connectivity index (χ1v) is 11.3. The van der Waals surface area contributed by atoms with Crippen molar-refractivity contribution in [2.24, 2.45) is 0 Å². The zero-order chi connectivity index (χ0) is 21.7. The van der Waals surface area contributed by atoms with E-state index in [1.807, 2.05) is 17.5 Å². The topological polar surface area (TPSA) is 106 Å². The van der Waals surface area contributed by atoms with Crippen molar-refractivity contribution in [3.63, 3.8) is 0 Å². The van der Waals surface area contributed by atoms with Gasteiger partial charge in [-0.05, 0) is 29.6 Å². The highest BCUT2D eigenvalue weighted by Gasteiger charge is 2.23. The Morgan fingerprint density at radius 3 is 2.67 bits per heavy atom. The number of nitrogens with zero attached hydrogens (tertiary/aromatic N) is 4. The quantitative estimate of drug-likeness (QED) is 0.493. The van der Waals surface area contributed by atoms with Gasteiger partial charge in [0.2, 0.25) is 15.9 Å². The lowest BCUT2D eigenvalue weighted by atomic mass is 10.2. The maximum absolute atomic E-state index is 13.1. The van der Waals surface area contributed by atoms with Crippen LogP contribution in [0.3, 0.4) is 0 Å². The minimum Gasteiger partial charge on any atom is -0.418 e. The van der Waals surface area contributed by atoms with Gasteiger partial charge in [0.1, 0.15) is 0 Å². The molecule has 9 nitrogen and oxygen atoms in total. The van der Waals surface area contributed by atoms with Crippen LogP contribution in [0.15, 0.2) is 51.1 Å². The molecule has 0 saturated carbocycles. The Morgan fingerprint density at radius 1 is 1.20 bits per heavy atom. The van der Waals surface area contributed by atoms with E-state index in [1.165, 1.54) is 49.6 Å². The molecule has 0 radical (unpaired) electrons. The lowest BCUT2D eigenvalue weighted by Gasteiger charge is -2.21. The monoisotopic (exact) mass is 450 g/mol. The average molecular weight is 451 g/mol. The van der Waals surface area contributed by atoms with Crippen molar-refractivity contribution >= 4 is 27.3 Å². The molecular weight excluding hydrogens is 428 g/mol. The third-order valence-corrected chi connectivity index (χ3v) is 6.91. The van der Waals surface area contributed by atoms with E-state index in [1.54, 1.807) is 12.1 Å². The number of sulfonamides is 1. The van der Waals surface area contributed by atoms with E-state index in [0.29, 0.717) is 12.5 Å². The van der Waals surface area contributed by atoms with Gasteiger partial charge in [0.05, 0.1) is 22.9 Å². The van der Waals surface area contributed by atoms with Crippen LogP contribution in [0.2, 0.25) is 0 Å². The van der Waals surface area contributed by atoms with Gasteiger partial charge in [0.25, 0.3) is 11.8 Å². The Bertz CT molecular complexity index is 1090. The van der Waals surface area contributed by atoms with Crippen LogP contribution in [0.25, 0.3) is 10.8 Å². The second-order valence-electron chi connectivity index (χ2n) is 6.51. The molecule has 2 aromatic heterocycles. The summed E-state index contributed by atoms with van der Waals surface area (Å²) in [5.74, 6) is 0.303. The lowest BCUT2D eigenvalue weighted by molar-refractivity contribution is 0.0663. The van der Waals surface area contributed by atoms with Gasteiger partial charge in [-0.25, -0.2) is 12.7 Å². The first-order chi connectivity index (χ1) is 14.3. The van der Waals surface area contributed by atoms with Crippen molar-refractivity contribution in [3.8, 4) is 10.8 Å². The number of methoxy groups -OCH3 is 1. The molecule has 0 saturated heterocycles. The maximum Gasteiger partial charge on any atom is 0.257 e. The molecule has 0 N–H and O–H groups in total. The van der Waals surface area contributed by atoms with Crippen molar-refractivity contribution in [2.45, 2.75) is 11.4 Å². The molecule has 30 heavy (non-hydrogen) atoms. The molecule has 0 spiro atoms. The van der Waals surface area contributed by atoms with Crippen LogP contribution in [-0.4, -0.2) is 68.1 Å². The van der Waals surface area contributed by atoms with Crippen molar-refractivity contribution in [3.05, 3.63) is 53.2 Å². The highest BCUT2D eigenvalue weighted by atomic mass is 32.2. The fraction of sp³-hybridized carbons (Fsp3) is 0.316. The third kappa shape index (κ3) is 4.93. The molecule has 0 fully saturated rings. The summed E-state index contributed by atoms with van der Waals surface area (Å²) >= 11 is 1.47. The van der Waals surface area contributed by atoms with Crippen LogP contribution in [0.5, 0.6) is 0 Å². The molecule has 2 heterocycles. The second kappa shape index (κ2) is 9.47. The van der Waals surface area contributed by atoms with E-state index in [0.717, 1.165) is 9.18 Å². The fourth-order valence-corrected chi connectivity index (χ4v) is 4.21. The third-order valence-electron chi connectivity index (χ3n) is 4.24. The highest BCUT2D eigenvalue weighted by Crippen LogP contribution is 2.24. The van der Waals surface area contributed by atoms with E-state index < -0.39 is 10.0 Å². The summed E-state index contributed by atoms with van der Waals surface area (Å²) in [7, 11) is 0.758. The van der Waals surface area contributed by atoms with E-state index in [-0.39, 0.29) is 35.3 Å². The lowest BCUT2D eigenvalue weighted by Crippen LogP contribution is -2.33. The van der Waals surface area contributed by atoms with Crippen molar-refractivity contribution in [1.29, 1.82) is 0 Å². The smallest absolute Gasteiger partial charge is 0.257 e. The molecule has 0 atom stereocenters. The molecule has 1 amide bonds. The summed E-state index contributed by atoms with van der Waals surface area (Å²) in [4.78, 5) is 15.5. The Morgan fingerprint density at radius 2 is 2.00 bits per heavy atom. The second-order valence-corrected chi connectivity index (χ2v) is 9.61. The van der Waals surface area contributed by atoms with Gasteiger partial charge in [-0.3, -0.25) is 4.79 Å². The van der Waals surface area contributed by atoms with E-state index in [4.69, 9.17) is 9.15 Å². The Labute approximate surface area is 178 Å². The van der Waals surface area contributed by atoms with Crippen molar-refractivity contribution in [2.75, 3.05) is 34.4 Å². The zero-order valence-corrected chi connectivity index (χ0v) is 18.4. The minimum atomic E-state index is -3.66. The molecule has 3 aromatic rings. The van der Waals surface area contributed by atoms with Crippen LogP contribution < -0.4 is 0 Å². The Balaban J connectivity index is 1.84. The summed E-state index contributed by atoms with van der Waals surface area (Å²) < 4.78 is 36.7. The molecular formula is C19H22N4O5S2. The summed E-state index contributed by atoms with van der Waals surface area (Å²) in [6.07, 6.45) is 0. The molecule has 3 rings (SSSR count). The van der Waals surface area contributed by atoms with Gasteiger partial charge in [-0.1, -0.05) is 12.1 Å². The first-order valence-electron chi connectivity index (χ1n) is 9.00. The number of hydrogen-bond acceptors (Lipinski definition) is 8. The van der Waals surface area contributed by atoms with Gasteiger partial charge in [0.15, 0.2) is 0 Å². The average Bonchev–Trinajstić information content (AvgIpc) is 3.42. The van der Waals surface area contributed by atoms with Crippen molar-refractivity contribution in [1.82, 2.24) is 19.4 Å². The van der Waals surface area contributed by atoms with Gasteiger partial charge in [-0.2, -0.15) is 0 Å². The number of aromatic nitrogens is 2. The molecule has 160 valence electrons. The Hall–Kier alpha value is -2.60. The normalized spacial score (nSPS) is 11.7. The van der Waals surface area contributed by atoms with Crippen LogP contribution in [0.4, 0.5) is 0 Å². The highest BCUT2D eigenvalue weighted by molar-refractivity contribution is 7.89. The fourth-order valence-electron chi connectivity index (χ4n) is 2.62. The number of carbonyl (C=O) groups is 1. The number of thiophene rings is 1. The number of hydrogen-bond donors (Lipinski definition) is 0. The largest absolute Gasteiger partial charge is 0.418 e. The van der Waals surface area contributed by atoms with E-state index >= 15 is 0 Å². The molecule has 0 aliphatic heterocycles. The molecule has 0 bridgehead atoms. The number of carbonyl (C=O) groups excluding carboxylic acids is 1. The van der Waals surface area contributed by atoms with Gasteiger partial charge < -0.3 is 14.1 Å². The summed E-state index contributed by atoms with van der Waals surface area (Å²) in [5.41, 5.74) is 0.243. The first kappa shape index (κ1) is 22.1.